The van der Waals surface area contributed by atoms with Gasteiger partial charge in [-0.05, 0) is 43.2 Å². The molecule has 47 valence electrons. The Morgan fingerprint density at radius 3 is 2.56 bits per heavy atom. The summed E-state index contributed by atoms with van der Waals surface area (Å²) < 4.78 is 12.6. The van der Waals surface area contributed by atoms with Gasteiger partial charge in [-0.3, -0.25) is 0 Å². The smallest absolute Gasteiger partial charge is 0.126 e. The summed E-state index contributed by atoms with van der Waals surface area (Å²) in [6, 6.07) is 6.04. The van der Waals surface area contributed by atoms with Crippen LogP contribution in [0.4, 0.5) is 4.39 Å². The van der Waals surface area contributed by atoms with Crippen LogP contribution in [0.25, 0.3) is 0 Å². The van der Waals surface area contributed by atoms with Gasteiger partial charge < -0.3 is 0 Å². The van der Waals surface area contributed by atoms with Gasteiger partial charge in [-0.2, -0.15) is 0 Å². The fraction of sp³-hybridized carbons (Fsp3) is 0.250. The first-order valence-electron chi connectivity index (χ1n) is 2.84. The molecule has 0 aromatic heterocycles. The molecule has 0 aliphatic carbocycles. The third-order valence-corrected chi connectivity index (χ3v) is 1.24. The maximum Gasteiger partial charge on any atom is 0.126 e. The Labute approximate surface area is 54.3 Å². The average Bonchev–Trinajstić information content (AvgIpc) is 1.80. The van der Waals surface area contributed by atoms with Crippen LogP contribution in [0.1, 0.15) is 11.1 Å². The fourth-order valence-corrected chi connectivity index (χ4v) is 0.637. The van der Waals surface area contributed by atoms with E-state index >= 15 is 0 Å². The normalized spacial score (nSPS) is 9.67. The predicted octanol–water partition coefficient (Wildman–Crippen LogP) is 2.24. The van der Waals surface area contributed by atoms with Crippen LogP contribution in [0.5, 0.6) is 0 Å². The van der Waals surface area contributed by atoms with E-state index in [1.54, 1.807) is 13.0 Å². The van der Waals surface area contributed by atoms with E-state index < -0.39 is 0 Å². The molecule has 1 radical (unpaired) electrons. The second-order valence-corrected chi connectivity index (χ2v) is 2.15. The van der Waals surface area contributed by atoms with Crippen molar-refractivity contribution in [1.29, 1.82) is 0 Å². The predicted molar refractivity (Wildman–Crippen MR) is 34.7 cm³/mol. The largest absolute Gasteiger partial charge is 0.207 e. The van der Waals surface area contributed by atoms with E-state index in [9.17, 15) is 4.39 Å². The SMILES string of the molecule is Cc1[c]cc(C)c(F)c1. The molecule has 0 atom stereocenters. The standard InChI is InChI=1S/C8H8F/c1-6-3-4-7(2)8(9)5-6/h4-5H,1-2H3. The highest BCUT2D eigenvalue weighted by molar-refractivity contribution is 5.20. The van der Waals surface area contributed by atoms with Crippen molar-refractivity contribution < 1.29 is 4.39 Å². The summed E-state index contributed by atoms with van der Waals surface area (Å²) in [5, 5.41) is 0. The zero-order valence-electron chi connectivity index (χ0n) is 5.53. The fourth-order valence-electron chi connectivity index (χ4n) is 0.637. The lowest BCUT2D eigenvalue weighted by Gasteiger charge is -1.94. The number of halogens is 1. The Kier molecular flexibility index (Phi) is 1.52. The molecule has 0 N–H and O–H groups in total. The Balaban J connectivity index is 3.17. The first-order chi connectivity index (χ1) is 4.20. The van der Waals surface area contributed by atoms with Gasteiger partial charge in [0.05, 0.1) is 0 Å². The van der Waals surface area contributed by atoms with Crippen molar-refractivity contribution in [2.75, 3.05) is 0 Å². The van der Waals surface area contributed by atoms with Crippen LogP contribution in [0.2, 0.25) is 0 Å². The third kappa shape index (κ3) is 1.28. The van der Waals surface area contributed by atoms with E-state index in [1.807, 2.05) is 6.92 Å². The molecule has 0 bridgehead atoms. The average molecular weight is 123 g/mol. The number of hydrogen-bond donors (Lipinski definition) is 0. The van der Waals surface area contributed by atoms with Gasteiger partial charge in [-0.15, -0.1) is 0 Å². The maximum atomic E-state index is 12.6. The monoisotopic (exact) mass is 123 g/mol. The molecule has 0 unspecified atom stereocenters. The quantitative estimate of drug-likeness (QED) is 0.496. The highest BCUT2D eigenvalue weighted by Gasteiger charge is 1.93. The van der Waals surface area contributed by atoms with Crippen LogP contribution in [0.3, 0.4) is 0 Å². The van der Waals surface area contributed by atoms with Gasteiger partial charge in [0, 0.05) is 0 Å². The molecular weight excluding hydrogens is 115 g/mol. The zero-order valence-corrected chi connectivity index (χ0v) is 5.53. The van der Waals surface area contributed by atoms with Crippen molar-refractivity contribution >= 4 is 0 Å². The van der Waals surface area contributed by atoms with Crippen molar-refractivity contribution in [3.63, 3.8) is 0 Å². The van der Waals surface area contributed by atoms with E-state index in [4.69, 9.17) is 0 Å². The van der Waals surface area contributed by atoms with Crippen LogP contribution in [-0.4, -0.2) is 0 Å². The third-order valence-electron chi connectivity index (χ3n) is 1.24. The molecule has 1 heteroatoms. The van der Waals surface area contributed by atoms with Crippen LogP contribution >= 0.6 is 0 Å². The topological polar surface area (TPSA) is 0 Å². The maximum absolute atomic E-state index is 12.6. The molecule has 0 saturated heterocycles. The Hall–Kier alpha value is -0.850. The van der Waals surface area contributed by atoms with Gasteiger partial charge >= 0.3 is 0 Å². The summed E-state index contributed by atoms with van der Waals surface area (Å²) in [6.45, 7) is 3.55. The van der Waals surface area contributed by atoms with Gasteiger partial charge in [0.1, 0.15) is 5.82 Å². The van der Waals surface area contributed by atoms with Crippen molar-refractivity contribution in [2.45, 2.75) is 13.8 Å². The Bertz CT molecular complexity index is 216. The van der Waals surface area contributed by atoms with Crippen LogP contribution in [0.15, 0.2) is 12.1 Å². The second kappa shape index (κ2) is 2.18. The van der Waals surface area contributed by atoms with E-state index in [1.165, 1.54) is 6.07 Å². The summed E-state index contributed by atoms with van der Waals surface area (Å²) in [5.74, 6) is -0.147. The molecular formula is C8H8F. The number of hydrogen-bond acceptors (Lipinski definition) is 0. The van der Waals surface area contributed by atoms with Crippen LogP contribution < -0.4 is 0 Å². The number of benzene rings is 1. The molecule has 0 aliphatic rings. The first-order valence-corrected chi connectivity index (χ1v) is 2.84. The molecule has 9 heavy (non-hydrogen) atoms. The molecule has 0 spiro atoms. The molecule has 0 saturated carbocycles. The van der Waals surface area contributed by atoms with Crippen molar-refractivity contribution in [2.24, 2.45) is 0 Å². The summed E-state index contributed by atoms with van der Waals surface area (Å²) >= 11 is 0. The lowest BCUT2D eigenvalue weighted by molar-refractivity contribution is 0.617. The molecule has 0 amide bonds. The molecule has 0 nitrogen and oxygen atoms in total. The van der Waals surface area contributed by atoms with Gasteiger partial charge in [-0.1, -0.05) is 0 Å². The highest BCUT2D eigenvalue weighted by Crippen LogP contribution is 2.06. The van der Waals surface area contributed by atoms with E-state index in [2.05, 4.69) is 6.07 Å². The highest BCUT2D eigenvalue weighted by atomic mass is 19.1. The molecule has 1 aromatic rings. The number of rotatable bonds is 0. The molecule has 1 rings (SSSR count). The summed E-state index contributed by atoms with van der Waals surface area (Å²) in [5.41, 5.74) is 1.50. The zero-order chi connectivity index (χ0) is 6.85. The first kappa shape index (κ1) is 6.27. The minimum atomic E-state index is -0.147. The van der Waals surface area contributed by atoms with Gasteiger partial charge in [0.15, 0.2) is 0 Å². The van der Waals surface area contributed by atoms with E-state index in [-0.39, 0.29) is 5.82 Å². The lowest BCUT2D eigenvalue weighted by Crippen LogP contribution is -1.81. The molecule has 0 fully saturated rings. The lowest BCUT2D eigenvalue weighted by atomic mass is 10.2. The van der Waals surface area contributed by atoms with Gasteiger partial charge in [-0.25, -0.2) is 4.39 Å². The van der Waals surface area contributed by atoms with Crippen molar-refractivity contribution in [3.8, 4) is 0 Å². The minimum absolute atomic E-state index is 0.147. The summed E-state index contributed by atoms with van der Waals surface area (Å²) in [4.78, 5) is 0. The van der Waals surface area contributed by atoms with Gasteiger partial charge in [0.2, 0.25) is 0 Å². The Morgan fingerprint density at radius 1 is 1.44 bits per heavy atom. The van der Waals surface area contributed by atoms with E-state index in [0.29, 0.717) is 5.56 Å². The van der Waals surface area contributed by atoms with Crippen molar-refractivity contribution in [1.82, 2.24) is 0 Å². The van der Waals surface area contributed by atoms with Gasteiger partial charge in [0.25, 0.3) is 0 Å². The summed E-state index contributed by atoms with van der Waals surface area (Å²) in [6.07, 6.45) is 0. The Morgan fingerprint density at radius 2 is 2.11 bits per heavy atom. The second-order valence-electron chi connectivity index (χ2n) is 2.15. The molecule has 1 aromatic carbocycles. The van der Waals surface area contributed by atoms with Crippen LogP contribution in [0, 0.1) is 25.7 Å². The van der Waals surface area contributed by atoms with E-state index in [0.717, 1.165) is 5.56 Å². The molecule has 0 aliphatic heterocycles. The molecule has 0 heterocycles. The van der Waals surface area contributed by atoms with Crippen molar-refractivity contribution in [3.05, 3.63) is 35.1 Å². The van der Waals surface area contributed by atoms with Crippen LogP contribution in [-0.2, 0) is 0 Å². The minimum Gasteiger partial charge on any atom is -0.207 e. The number of aryl methyl sites for hydroxylation is 2. The summed E-state index contributed by atoms with van der Waals surface area (Å²) in [7, 11) is 0.